The van der Waals surface area contributed by atoms with Crippen molar-refractivity contribution in [3.8, 4) is 5.75 Å². The second kappa shape index (κ2) is 12.7. The lowest BCUT2D eigenvalue weighted by Gasteiger charge is -2.32. The average molecular weight is 439 g/mol. The Morgan fingerprint density at radius 2 is 1.71 bits per heavy atom. The van der Waals surface area contributed by atoms with E-state index >= 15 is 0 Å². The van der Waals surface area contributed by atoms with Gasteiger partial charge in [0.05, 0.1) is 25.4 Å². The van der Waals surface area contributed by atoms with Crippen molar-refractivity contribution in [2.75, 3.05) is 19.8 Å². The Bertz CT molecular complexity index is 650. The van der Waals surface area contributed by atoms with Crippen LogP contribution in [0.2, 0.25) is 0 Å². The van der Waals surface area contributed by atoms with E-state index in [9.17, 15) is 8.78 Å². The predicted octanol–water partition coefficient (Wildman–Crippen LogP) is 7.17. The number of benzene rings is 1. The quantitative estimate of drug-likeness (QED) is 0.343. The first-order valence-electron chi connectivity index (χ1n) is 12.5. The number of rotatable bonds is 11. The van der Waals surface area contributed by atoms with Gasteiger partial charge in [-0.15, -0.1) is 0 Å². The molecule has 2 unspecified atom stereocenters. The molecule has 3 rings (SSSR count). The van der Waals surface area contributed by atoms with Crippen LogP contribution in [0.4, 0.5) is 8.78 Å². The van der Waals surface area contributed by atoms with Crippen LogP contribution in [0.15, 0.2) is 12.1 Å². The van der Waals surface area contributed by atoms with Gasteiger partial charge in [0, 0.05) is 6.61 Å². The van der Waals surface area contributed by atoms with Crippen LogP contribution in [-0.4, -0.2) is 32.0 Å². The predicted molar refractivity (Wildman–Crippen MR) is 120 cm³/mol. The van der Waals surface area contributed by atoms with E-state index < -0.39 is 11.6 Å². The Hall–Kier alpha value is -1.20. The van der Waals surface area contributed by atoms with E-state index in [2.05, 4.69) is 6.92 Å². The number of hydrogen-bond acceptors (Lipinski definition) is 3. The molecule has 0 bridgehead atoms. The molecule has 2 atom stereocenters. The second-order valence-electron chi connectivity index (χ2n) is 9.33. The fourth-order valence-corrected chi connectivity index (χ4v) is 4.78. The van der Waals surface area contributed by atoms with Crippen LogP contribution in [0.1, 0.15) is 96.0 Å². The van der Waals surface area contributed by atoms with Gasteiger partial charge >= 0.3 is 0 Å². The van der Waals surface area contributed by atoms with Crippen LogP contribution < -0.4 is 4.74 Å². The summed E-state index contributed by atoms with van der Waals surface area (Å²) in [6.45, 7) is 6.13. The van der Waals surface area contributed by atoms with E-state index in [1.54, 1.807) is 12.1 Å². The normalized spacial score (nSPS) is 26.7. The summed E-state index contributed by atoms with van der Waals surface area (Å²) in [5, 5.41) is 0. The van der Waals surface area contributed by atoms with Gasteiger partial charge in [-0.1, -0.05) is 39.2 Å². The molecule has 1 saturated heterocycles. The van der Waals surface area contributed by atoms with Crippen molar-refractivity contribution in [2.24, 2.45) is 5.92 Å². The molecule has 1 aliphatic carbocycles. The van der Waals surface area contributed by atoms with E-state index in [0.29, 0.717) is 30.8 Å². The fourth-order valence-electron chi connectivity index (χ4n) is 4.78. The minimum Gasteiger partial charge on any atom is -0.490 e. The summed E-state index contributed by atoms with van der Waals surface area (Å²) < 4.78 is 46.6. The molecule has 0 aromatic heterocycles. The first kappa shape index (κ1) is 24.4. The zero-order chi connectivity index (χ0) is 22.1. The Labute approximate surface area is 186 Å². The molecule has 0 N–H and O–H groups in total. The first-order valence-corrected chi connectivity index (χ1v) is 12.5. The molecule has 31 heavy (non-hydrogen) atoms. The van der Waals surface area contributed by atoms with Crippen molar-refractivity contribution < 1.29 is 23.0 Å². The van der Waals surface area contributed by atoms with Crippen LogP contribution in [0.3, 0.4) is 0 Å². The molecule has 1 aromatic carbocycles. The maximum Gasteiger partial charge on any atom is 0.200 e. The lowest BCUT2D eigenvalue weighted by molar-refractivity contribution is -0.0960. The summed E-state index contributed by atoms with van der Waals surface area (Å²) in [5.41, 5.74) is 0.499. The third kappa shape index (κ3) is 7.15. The molecular formula is C26H40F2O3. The summed E-state index contributed by atoms with van der Waals surface area (Å²) in [6.07, 6.45) is 12.0. The van der Waals surface area contributed by atoms with E-state index in [1.807, 2.05) is 6.92 Å². The van der Waals surface area contributed by atoms with E-state index in [4.69, 9.17) is 14.2 Å². The standard InChI is InChI=1S/C26H40F2O3/c1-3-5-7-21-12-13-22(18-31-21)30-17-19-8-10-20(11-9-19)23-14-15-24(26(28)25(23)27)29-16-6-4-2/h14-15,19-22H,3-13,16-18H2,1-2H3. The van der Waals surface area contributed by atoms with Crippen molar-refractivity contribution >= 4 is 0 Å². The zero-order valence-electron chi connectivity index (χ0n) is 19.3. The van der Waals surface area contributed by atoms with Gasteiger partial charge in [-0.3, -0.25) is 0 Å². The second-order valence-corrected chi connectivity index (χ2v) is 9.33. The molecule has 2 fully saturated rings. The molecule has 5 heteroatoms. The smallest absolute Gasteiger partial charge is 0.200 e. The minimum atomic E-state index is -0.839. The average Bonchev–Trinajstić information content (AvgIpc) is 2.80. The van der Waals surface area contributed by atoms with Gasteiger partial charge in [0.1, 0.15) is 0 Å². The monoisotopic (exact) mass is 438 g/mol. The Morgan fingerprint density at radius 1 is 0.935 bits per heavy atom. The van der Waals surface area contributed by atoms with Gasteiger partial charge in [0.2, 0.25) is 5.82 Å². The molecule has 176 valence electrons. The first-order chi connectivity index (χ1) is 15.1. The Balaban J connectivity index is 1.40. The molecule has 0 spiro atoms. The summed E-state index contributed by atoms with van der Waals surface area (Å²) in [7, 11) is 0. The summed E-state index contributed by atoms with van der Waals surface area (Å²) in [6, 6.07) is 3.31. The Morgan fingerprint density at radius 3 is 2.39 bits per heavy atom. The van der Waals surface area contributed by atoms with Gasteiger partial charge in [-0.25, -0.2) is 4.39 Å². The molecule has 0 amide bonds. The van der Waals surface area contributed by atoms with Gasteiger partial charge in [-0.2, -0.15) is 4.39 Å². The van der Waals surface area contributed by atoms with Crippen LogP contribution in [0.5, 0.6) is 5.75 Å². The van der Waals surface area contributed by atoms with Gasteiger partial charge in [-0.05, 0) is 74.8 Å². The molecular weight excluding hydrogens is 398 g/mol. The van der Waals surface area contributed by atoms with Crippen LogP contribution in [0, 0.1) is 17.6 Å². The maximum absolute atomic E-state index is 14.7. The van der Waals surface area contributed by atoms with E-state index in [-0.39, 0.29) is 17.8 Å². The lowest BCUT2D eigenvalue weighted by Crippen LogP contribution is -2.33. The zero-order valence-corrected chi connectivity index (χ0v) is 19.3. The third-order valence-corrected chi connectivity index (χ3v) is 6.89. The molecule has 1 heterocycles. The molecule has 2 aliphatic rings. The molecule has 3 nitrogen and oxygen atoms in total. The third-order valence-electron chi connectivity index (χ3n) is 6.89. The number of halogens is 2. The van der Waals surface area contributed by atoms with Gasteiger partial charge in [0.25, 0.3) is 0 Å². The van der Waals surface area contributed by atoms with Crippen molar-refractivity contribution in [1.29, 1.82) is 0 Å². The Kier molecular flexibility index (Phi) is 10.0. The molecule has 1 aromatic rings. The molecule has 1 aliphatic heterocycles. The van der Waals surface area contributed by atoms with Crippen molar-refractivity contribution in [3.63, 3.8) is 0 Å². The summed E-state index contributed by atoms with van der Waals surface area (Å²) >= 11 is 0. The summed E-state index contributed by atoms with van der Waals surface area (Å²) in [5.74, 6) is -0.964. The van der Waals surface area contributed by atoms with Crippen molar-refractivity contribution in [2.45, 2.75) is 103 Å². The summed E-state index contributed by atoms with van der Waals surface area (Å²) in [4.78, 5) is 0. The number of unbranched alkanes of at least 4 members (excludes halogenated alkanes) is 2. The van der Waals surface area contributed by atoms with Crippen LogP contribution in [0.25, 0.3) is 0 Å². The van der Waals surface area contributed by atoms with Crippen molar-refractivity contribution in [1.82, 2.24) is 0 Å². The highest BCUT2D eigenvalue weighted by Crippen LogP contribution is 2.39. The minimum absolute atomic E-state index is 0.0309. The number of ether oxygens (including phenoxy) is 3. The van der Waals surface area contributed by atoms with Crippen molar-refractivity contribution in [3.05, 3.63) is 29.3 Å². The topological polar surface area (TPSA) is 27.7 Å². The van der Waals surface area contributed by atoms with E-state index in [0.717, 1.165) is 64.4 Å². The lowest BCUT2D eigenvalue weighted by atomic mass is 9.78. The molecule has 1 saturated carbocycles. The SMILES string of the molecule is CCCCOc1ccc(C2CCC(COC3CCC(CCCC)OC3)CC2)c(F)c1F. The largest absolute Gasteiger partial charge is 0.490 e. The fraction of sp³-hybridized carbons (Fsp3) is 0.769. The maximum atomic E-state index is 14.7. The van der Waals surface area contributed by atoms with Crippen LogP contribution >= 0.6 is 0 Å². The number of hydrogen-bond donors (Lipinski definition) is 0. The highest BCUT2D eigenvalue weighted by Gasteiger charge is 2.28. The van der Waals surface area contributed by atoms with Gasteiger partial charge < -0.3 is 14.2 Å². The molecule has 0 radical (unpaired) electrons. The van der Waals surface area contributed by atoms with Crippen LogP contribution in [-0.2, 0) is 9.47 Å². The highest BCUT2D eigenvalue weighted by atomic mass is 19.2. The van der Waals surface area contributed by atoms with E-state index in [1.165, 1.54) is 12.8 Å². The van der Waals surface area contributed by atoms with Gasteiger partial charge in [0.15, 0.2) is 11.6 Å². The highest BCUT2D eigenvalue weighted by molar-refractivity contribution is 5.33.